The molecule has 4 aromatic heterocycles. The van der Waals surface area contributed by atoms with Crippen LogP contribution in [0.4, 0.5) is 11.8 Å². The molecule has 0 atom stereocenters. The monoisotopic (exact) mass is 486 g/mol. The molecule has 0 aromatic carbocycles. The van der Waals surface area contributed by atoms with Gasteiger partial charge >= 0.3 is 0 Å². The molecule has 4 aromatic rings. The largest absolute Gasteiger partial charge is 0.378 e. The van der Waals surface area contributed by atoms with E-state index in [0.717, 1.165) is 42.8 Å². The fourth-order valence-electron chi connectivity index (χ4n) is 4.76. The molecule has 0 radical (unpaired) electrons. The molecule has 0 spiro atoms. The average Bonchev–Trinajstić information content (AvgIpc) is 3.38. The van der Waals surface area contributed by atoms with Crippen molar-refractivity contribution < 1.29 is 9.53 Å². The number of anilines is 2. The van der Waals surface area contributed by atoms with Gasteiger partial charge in [-0.05, 0) is 25.0 Å². The first-order valence-electron chi connectivity index (χ1n) is 12.0. The predicted molar refractivity (Wildman–Crippen MR) is 132 cm³/mol. The number of fused-ring (bicyclic) bond motifs is 1. The van der Waals surface area contributed by atoms with Gasteiger partial charge in [-0.15, -0.1) is 0 Å². The molecule has 12 heteroatoms. The van der Waals surface area contributed by atoms with Crippen LogP contribution in [0.25, 0.3) is 22.4 Å². The summed E-state index contributed by atoms with van der Waals surface area (Å²) in [5, 5.41) is 5.64. The second kappa shape index (κ2) is 9.46. The SMILES string of the molecule is Nc1ncc(-c2nc(N3CCOCC3)c3cnn(C4CCN(C(=O)c5cccnc5)CC4)c3n2)cn1. The molecular weight excluding hydrogens is 460 g/mol. The molecule has 2 saturated heterocycles. The zero-order valence-corrected chi connectivity index (χ0v) is 19.7. The Morgan fingerprint density at radius 1 is 1.00 bits per heavy atom. The summed E-state index contributed by atoms with van der Waals surface area (Å²) in [6, 6.07) is 3.70. The minimum atomic E-state index is 0.00874. The number of pyridine rings is 1. The number of nitrogen functional groups attached to an aromatic ring is 1. The lowest BCUT2D eigenvalue weighted by atomic mass is 10.0. The van der Waals surface area contributed by atoms with Gasteiger partial charge in [-0.25, -0.2) is 24.6 Å². The second-order valence-corrected chi connectivity index (χ2v) is 8.89. The van der Waals surface area contributed by atoms with Crippen molar-refractivity contribution in [3.05, 3.63) is 48.7 Å². The number of ether oxygens (including phenoxy) is 1. The number of aromatic nitrogens is 7. The molecule has 36 heavy (non-hydrogen) atoms. The van der Waals surface area contributed by atoms with Crippen LogP contribution in [0.2, 0.25) is 0 Å². The number of piperidine rings is 1. The smallest absolute Gasteiger partial charge is 0.255 e. The van der Waals surface area contributed by atoms with Crippen molar-refractivity contribution in [2.75, 3.05) is 50.0 Å². The summed E-state index contributed by atoms with van der Waals surface area (Å²) in [6.45, 7) is 4.04. The average molecular weight is 487 g/mol. The van der Waals surface area contributed by atoms with Gasteiger partial charge in [0.1, 0.15) is 5.82 Å². The Bertz CT molecular complexity index is 1360. The molecule has 2 aliphatic rings. The van der Waals surface area contributed by atoms with E-state index in [1.165, 1.54) is 0 Å². The fraction of sp³-hybridized carbons (Fsp3) is 0.375. The first kappa shape index (κ1) is 22.3. The molecule has 184 valence electrons. The van der Waals surface area contributed by atoms with Gasteiger partial charge in [0.25, 0.3) is 5.91 Å². The number of rotatable bonds is 4. The van der Waals surface area contributed by atoms with Crippen molar-refractivity contribution in [2.24, 2.45) is 0 Å². The minimum Gasteiger partial charge on any atom is -0.378 e. The molecular formula is C24H26N10O2. The Morgan fingerprint density at radius 2 is 1.78 bits per heavy atom. The third kappa shape index (κ3) is 4.19. The highest BCUT2D eigenvalue weighted by molar-refractivity contribution is 5.94. The van der Waals surface area contributed by atoms with Crippen molar-refractivity contribution >= 4 is 28.7 Å². The first-order valence-corrected chi connectivity index (χ1v) is 12.0. The highest BCUT2D eigenvalue weighted by atomic mass is 16.5. The van der Waals surface area contributed by atoms with Gasteiger partial charge in [-0.3, -0.25) is 9.78 Å². The van der Waals surface area contributed by atoms with E-state index in [-0.39, 0.29) is 17.9 Å². The van der Waals surface area contributed by atoms with E-state index < -0.39 is 0 Å². The molecule has 2 N–H and O–H groups in total. The lowest BCUT2D eigenvalue weighted by Gasteiger charge is -2.32. The number of hydrogen-bond donors (Lipinski definition) is 1. The third-order valence-electron chi connectivity index (χ3n) is 6.68. The van der Waals surface area contributed by atoms with Crippen LogP contribution in [-0.2, 0) is 4.74 Å². The van der Waals surface area contributed by atoms with Gasteiger partial charge in [-0.1, -0.05) is 0 Å². The number of amides is 1. The number of nitrogens with two attached hydrogens (primary N) is 1. The van der Waals surface area contributed by atoms with E-state index in [1.807, 2.05) is 15.8 Å². The maximum Gasteiger partial charge on any atom is 0.255 e. The topological polar surface area (TPSA) is 141 Å². The van der Waals surface area contributed by atoms with Gasteiger partial charge in [0.15, 0.2) is 11.5 Å². The van der Waals surface area contributed by atoms with Gasteiger partial charge in [-0.2, -0.15) is 5.10 Å². The molecule has 6 rings (SSSR count). The molecule has 12 nitrogen and oxygen atoms in total. The Balaban J connectivity index is 1.32. The molecule has 0 aliphatic carbocycles. The van der Waals surface area contributed by atoms with Crippen molar-refractivity contribution in [1.29, 1.82) is 0 Å². The molecule has 0 unspecified atom stereocenters. The van der Waals surface area contributed by atoms with Crippen molar-refractivity contribution in [1.82, 2.24) is 39.6 Å². The quantitative estimate of drug-likeness (QED) is 0.452. The van der Waals surface area contributed by atoms with E-state index in [1.54, 1.807) is 36.9 Å². The van der Waals surface area contributed by atoms with Gasteiger partial charge in [0, 0.05) is 51.0 Å². The predicted octanol–water partition coefficient (Wildman–Crippen LogP) is 1.57. The summed E-state index contributed by atoms with van der Waals surface area (Å²) in [5.41, 5.74) is 7.74. The maximum atomic E-state index is 12.9. The van der Waals surface area contributed by atoms with Crippen molar-refractivity contribution in [3.8, 4) is 11.4 Å². The summed E-state index contributed by atoms with van der Waals surface area (Å²) in [5.74, 6) is 1.56. The van der Waals surface area contributed by atoms with Gasteiger partial charge < -0.3 is 20.3 Å². The van der Waals surface area contributed by atoms with E-state index in [4.69, 9.17) is 25.5 Å². The van der Waals surface area contributed by atoms with Crippen LogP contribution in [0.3, 0.4) is 0 Å². The second-order valence-electron chi connectivity index (χ2n) is 8.89. The summed E-state index contributed by atoms with van der Waals surface area (Å²) >= 11 is 0. The van der Waals surface area contributed by atoms with E-state index in [0.29, 0.717) is 43.3 Å². The number of carbonyl (C=O) groups is 1. The first-order chi connectivity index (χ1) is 17.7. The zero-order valence-electron chi connectivity index (χ0n) is 19.7. The van der Waals surface area contributed by atoms with E-state index in [2.05, 4.69) is 19.9 Å². The molecule has 2 fully saturated rings. The number of nitrogens with zero attached hydrogens (tertiary/aromatic N) is 9. The highest BCUT2D eigenvalue weighted by Gasteiger charge is 2.28. The van der Waals surface area contributed by atoms with Crippen LogP contribution in [0, 0.1) is 0 Å². The summed E-state index contributed by atoms with van der Waals surface area (Å²) < 4.78 is 7.53. The molecule has 2 aliphatic heterocycles. The Kier molecular flexibility index (Phi) is 5.85. The Labute approximate surface area is 207 Å². The van der Waals surface area contributed by atoms with E-state index >= 15 is 0 Å². The van der Waals surface area contributed by atoms with Crippen LogP contribution in [0.1, 0.15) is 29.2 Å². The molecule has 0 saturated carbocycles. The van der Waals surface area contributed by atoms with Gasteiger partial charge in [0.05, 0.1) is 42.0 Å². The number of hydrogen-bond acceptors (Lipinski definition) is 10. The fourth-order valence-corrected chi connectivity index (χ4v) is 4.76. The summed E-state index contributed by atoms with van der Waals surface area (Å²) in [6.07, 6.45) is 9.95. The van der Waals surface area contributed by atoms with E-state index in [9.17, 15) is 4.79 Å². The van der Waals surface area contributed by atoms with Crippen LogP contribution in [0.5, 0.6) is 0 Å². The lowest BCUT2D eigenvalue weighted by Crippen LogP contribution is -2.39. The minimum absolute atomic E-state index is 0.00874. The number of carbonyl (C=O) groups excluding carboxylic acids is 1. The molecule has 0 bridgehead atoms. The van der Waals surface area contributed by atoms with Crippen molar-refractivity contribution in [2.45, 2.75) is 18.9 Å². The summed E-state index contributed by atoms with van der Waals surface area (Å²) in [4.78, 5) is 39.0. The Morgan fingerprint density at radius 3 is 2.50 bits per heavy atom. The standard InChI is InChI=1S/C24H26N10O2/c25-24-27-13-17(14-28-24)20-30-21(32-8-10-36-11-9-32)19-15-29-34(22(19)31-20)18-3-6-33(7-4-18)23(35)16-2-1-5-26-12-16/h1-2,5,12-15,18H,3-4,6-11H2,(H2,25,27,28). The highest BCUT2D eigenvalue weighted by Crippen LogP contribution is 2.32. The van der Waals surface area contributed by atoms with Crippen LogP contribution < -0.4 is 10.6 Å². The van der Waals surface area contributed by atoms with Crippen molar-refractivity contribution in [3.63, 3.8) is 0 Å². The number of likely N-dealkylation sites (tertiary alicyclic amines) is 1. The number of morpholine rings is 1. The van der Waals surface area contributed by atoms with Crippen LogP contribution >= 0.6 is 0 Å². The lowest BCUT2D eigenvalue weighted by molar-refractivity contribution is 0.0691. The summed E-state index contributed by atoms with van der Waals surface area (Å²) in [7, 11) is 0. The Hall–Kier alpha value is -4.19. The third-order valence-corrected chi connectivity index (χ3v) is 6.68. The van der Waals surface area contributed by atoms with Gasteiger partial charge in [0.2, 0.25) is 5.95 Å². The van der Waals surface area contributed by atoms with Crippen LogP contribution in [-0.4, -0.2) is 84.9 Å². The molecule has 1 amide bonds. The maximum absolute atomic E-state index is 12.9. The molecule has 6 heterocycles. The normalized spacial score (nSPS) is 17.0. The zero-order chi connectivity index (χ0) is 24.5. The van der Waals surface area contributed by atoms with Crippen LogP contribution in [0.15, 0.2) is 43.1 Å².